The first kappa shape index (κ1) is 19.0. The number of hydrogen-bond donors (Lipinski definition) is 0. The van der Waals surface area contributed by atoms with Crippen LogP contribution in [0.1, 0.15) is 16.8 Å². The van der Waals surface area contributed by atoms with E-state index in [9.17, 15) is 10.1 Å². The molecule has 0 radical (unpaired) electrons. The van der Waals surface area contributed by atoms with Crippen molar-refractivity contribution in [1.82, 2.24) is 14.5 Å². The largest absolute Gasteiger partial charge is 0.473 e. The van der Waals surface area contributed by atoms with Gasteiger partial charge < -0.3 is 14.4 Å². The highest BCUT2D eigenvalue weighted by atomic mass is 16.5. The molecule has 1 aromatic carbocycles. The van der Waals surface area contributed by atoms with Gasteiger partial charge in [0.1, 0.15) is 41.8 Å². The zero-order chi connectivity index (χ0) is 21.1. The molecule has 0 atom stereocenters. The maximum absolute atomic E-state index is 12.1. The van der Waals surface area contributed by atoms with Gasteiger partial charge in [-0.3, -0.25) is 4.57 Å². The Hall–Kier alpha value is -4.37. The van der Waals surface area contributed by atoms with Gasteiger partial charge in [0.05, 0.1) is 11.8 Å². The van der Waals surface area contributed by atoms with E-state index >= 15 is 0 Å². The second kappa shape index (κ2) is 7.94. The molecule has 0 aliphatic carbocycles. The van der Waals surface area contributed by atoms with Crippen LogP contribution in [0.3, 0.4) is 0 Å². The zero-order valence-electron chi connectivity index (χ0n) is 16.1. The van der Waals surface area contributed by atoms with Gasteiger partial charge in [0, 0.05) is 26.2 Å². The third kappa shape index (κ3) is 3.77. The molecule has 9 nitrogen and oxygen atoms in total. The smallest absolute Gasteiger partial charge is 0.352 e. The summed E-state index contributed by atoms with van der Waals surface area (Å²) in [6, 6.07) is 14.0. The van der Waals surface area contributed by atoms with E-state index in [2.05, 4.69) is 16.0 Å². The minimum Gasteiger partial charge on any atom is -0.473 e. The van der Waals surface area contributed by atoms with Gasteiger partial charge in [0.2, 0.25) is 5.88 Å². The van der Waals surface area contributed by atoms with Gasteiger partial charge in [-0.1, -0.05) is 6.07 Å². The van der Waals surface area contributed by atoms with Crippen LogP contribution in [0.2, 0.25) is 0 Å². The minimum atomic E-state index is -0.343. The molecule has 1 aliphatic rings. The third-order valence-corrected chi connectivity index (χ3v) is 4.65. The van der Waals surface area contributed by atoms with Gasteiger partial charge in [-0.15, -0.1) is 0 Å². The first-order valence-corrected chi connectivity index (χ1v) is 9.10. The summed E-state index contributed by atoms with van der Waals surface area (Å²) in [5, 5.41) is 18.3. The van der Waals surface area contributed by atoms with Gasteiger partial charge in [-0.2, -0.15) is 15.5 Å². The predicted molar refractivity (Wildman–Crippen MR) is 106 cm³/mol. The lowest BCUT2D eigenvalue weighted by molar-refractivity contribution is 0.291. The summed E-state index contributed by atoms with van der Waals surface area (Å²) in [5.41, 5.74) is 0.987. The van der Waals surface area contributed by atoms with E-state index in [1.54, 1.807) is 34.9 Å². The van der Waals surface area contributed by atoms with Crippen molar-refractivity contribution in [2.75, 3.05) is 18.5 Å². The van der Waals surface area contributed by atoms with Gasteiger partial charge >= 0.3 is 5.69 Å². The van der Waals surface area contributed by atoms with E-state index in [0.29, 0.717) is 23.6 Å². The molecule has 0 spiro atoms. The minimum absolute atomic E-state index is 0.146. The summed E-state index contributed by atoms with van der Waals surface area (Å²) >= 11 is 0. The number of anilines is 1. The summed E-state index contributed by atoms with van der Waals surface area (Å²) in [4.78, 5) is 22.0. The number of fused-ring (bicyclic) bond motifs is 1. The Bertz CT molecular complexity index is 1240. The Balaban J connectivity index is 1.49. The SMILES string of the molecule is CN1CCn2c1cc(OCc1ccc(Oc3ccc(C#N)nc3)c(C#N)c1)nc2=O. The van der Waals surface area contributed by atoms with Gasteiger partial charge in [0.15, 0.2) is 0 Å². The number of ether oxygens (including phenoxy) is 2. The molecular weight excluding hydrogens is 384 g/mol. The van der Waals surface area contributed by atoms with Gasteiger partial charge in [-0.25, -0.2) is 9.78 Å². The van der Waals surface area contributed by atoms with E-state index in [1.807, 2.05) is 18.0 Å². The van der Waals surface area contributed by atoms with Crippen LogP contribution < -0.4 is 20.1 Å². The molecule has 2 aromatic heterocycles. The van der Waals surface area contributed by atoms with Crippen LogP contribution >= 0.6 is 0 Å². The van der Waals surface area contributed by atoms with Crippen LogP contribution in [0.15, 0.2) is 47.4 Å². The number of nitrogens with zero attached hydrogens (tertiary/aromatic N) is 6. The molecule has 0 unspecified atom stereocenters. The molecule has 148 valence electrons. The normalized spacial score (nSPS) is 12.0. The average molecular weight is 400 g/mol. The second-order valence-electron chi connectivity index (χ2n) is 6.63. The molecule has 0 saturated carbocycles. The van der Waals surface area contributed by atoms with Crippen LogP contribution in [-0.2, 0) is 13.2 Å². The number of hydrogen-bond acceptors (Lipinski definition) is 8. The lowest BCUT2D eigenvalue weighted by Gasteiger charge is -2.13. The van der Waals surface area contributed by atoms with Crippen molar-refractivity contribution in [1.29, 1.82) is 10.5 Å². The molecule has 3 heterocycles. The highest BCUT2D eigenvalue weighted by molar-refractivity contribution is 5.48. The van der Waals surface area contributed by atoms with Crippen LogP contribution in [0.25, 0.3) is 0 Å². The maximum atomic E-state index is 12.1. The summed E-state index contributed by atoms with van der Waals surface area (Å²) < 4.78 is 13.0. The van der Waals surface area contributed by atoms with E-state index in [0.717, 1.165) is 17.9 Å². The number of nitriles is 2. The molecule has 0 amide bonds. The van der Waals surface area contributed by atoms with Crippen molar-refractivity contribution < 1.29 is 9.47 Å². The van der Waals surface area contributed by atoms with Crippen molar-refractivity contribution in [2.24, 2.45) is 0 Å². The number of benzene rings is 1. The lowest BCUT2D eigenvalue weighted by Crippen LogP contribution is -2.22. The standard InChI is InChI=1S/C21H16N6O3/c1-26-6-7-27-20(26)9-19(25-21(27)28)29-13-14-2-5-18(15(8-14)10-22)30-17-4-3-16(11-23)24-12-17/h2-5,8-9,12H,6-7,13H2,1H3. The van der Waals surface area contributed by atoms with Crippen LogP contribution in [0, 0.1) is 22.7 Å². The number of rotatable bonds is 5. The van der Waals surface area contributed by atoms with E-state index in [4.69, 9.17) is 14.7 Å². The van der Waals surface area contributed by atoms with Crippen LogP contribution in [0.5, 0.6) is 17.4 Å². The average Bonchev–Trinajstić information content (AvgIpc) is 3.15. The molecule has 0 saturated heterocycles. The summed E-state index contributed by atoms with van der Waals surface area (Å²) in [7, 11) is 1.91. The molecule has 0 bridgehead atoms. The second-order valence-corrected chi connectivity index (χ2v) is 6.63. The molecule has 4 rings (SSSR count). The van der Waals surface area contributed by atoms with Crippen LogP contribution in [0.4, 0.5) is 5.82 Å². The molecule has 9 heteroatoms. The molecule has 1 aliphatic heterocycles. The highest BCUT2D eigenvalue weighted by Gasteiger charge is 2.19. The fourth-order valence-corrected chi connectivity index (χ4v) is 3.07. The van der Waals surface area contributed by atoms with E-state index < -0.39 is 0 Å². The number of aromatic nitrogens is 3. The number of pyridine rings is 1. The zero-order valence-corrected chi connectivity index (χ0v) is 16.1. The Kier molecular flexibility index (Phi) is 5.02. The van der Waals surface area contributed by atoms with Crippen molar-refractivity contribution in [3.63, 3.8) is 0 Å². The van der Waals surface area contributed by atoms with Crippen molar-refractivity contribution in [2.45, 2.75) is 13.2 Å². The quantitative estimate of drug-likeness (QED) is 0.640. The van der Waals surface area contributed by atoms with Gasteiger partial charge in [0.25, 0.3) is 0 Å². The molecule has 3 aromatic rings. The lowest BCUT2D eigenvalue weighted by atomic mass is 10.1. The highest BCUT2D eigenvalue weighted by Crippen LogP contribution is 2.26. The third-order valence-electron chi connectivity index (χ3n) is 4.65. The predicted octanol–water partition coefficient (Wildman–Crippen LogP) is 2.20. The first-order valence-electron chi connectivity index (χ1n) is 9.10. The van der Waals surface area contributed by atoms with Crippen molar-refractivity contribution in [3.05, 3.63) is 69.9 Å². The summed E-state index contributed by atoms with van der Waals surface area (Å²) in [6.07, 6.45) is 1.42. The monoisotopic (exact) mass is 400 g/mol. The Morgan fingerprint density at radius 3 is 2.73 bits per heavy atom. The molecule has 0 N–H and O–H groups in total. The molecular formula is C21H16N6O3. The summed E-state index contributed by atoms with van der Waals surface area (Å²) in [5.74, 6) is 1.79. The van der Waals surface area contributed by atoms with Crippen LogP contribution in [-0.4, -0.2) is 28.1 Å². The van der Waals surface area contributed by atoms with Crippen molar-refractivity contribution in [3.8, 4) is 29.5 Å². The van der Waals surface area contributed by atoms with Crippen molar-refractivity contribution >= 4 is 5.82 Å². The van der Waals surface area contributed by atoms with Gasteiger partial charge in [-0.05, 0) is 29.8 Å². The maximum Gasteiger partial charge on any atom is 0.352 e. The molecule has 30 heavy (non-hydrogen) atoms. The fourth-order valence-electron chi connectivity index (χ4n) is 3.07. The van der Waals surface area contributed by atoms with E-state index in [1.165, 1.54) is 12.3 Å². The first-order chi connectivity index (χ1) is 14.6. The summed E-state index contributed by atoms with van der Waals surface area (Å²) in [6.45, 7) is 1.51. The fraction of sp³-hybridized carbons (Fsp3) is 0.190. The van der Waals surface area contributed by atoms with E-state index in [-0.39, 0.29) is 23.9 Å². The Morgan fingerprint density at radius 1 is 1.13 bits per heavy atom. The Labute approximate surface area is 172 Å². The number of likely N-dealkylation sites (N-methyl/N-ethyl adjacent to an activating group) is 1. The topological polar surface area (TPSA) is 117 Å². The molecule has 0 fully saturated rings. The Morgan fingerprint density at radius 2 is 2.00 bits per heavy atom.